The zero-order chi connectivity index (χ0) is 16.1. The van der Waals surface area contributed by atoms with Gasteiger partial charge in [0.15, 0.2) is 0 Å². The van der Waals surface area contributed by atoms with Gasteiger partial charge in [-0.05, 0) is 70.6 Å². The molecule has 124 valence electrons. The summed E-state index contributed by atoms with van der Waals surface area (Å²) in [6.07, 6.45) is 5.26. The number of aliphatic carboxylic acids is 1. The van der Waals surface area contributed by atoms with Crippen molar-refractivity contribution in [1.29, 1.82) is 0 Å². The molecule has 0 aliphatic heterocycles. The van der Waals surface area contributed by atoms with Gasteiger partial charge >= 0.3 is 11.9 Å². The maximum atomic E-state index is 12.8. The quantitative estimate of drug-likeness (QED) is 0.779. The van der Waals surface area contributed by atoms with E-state index in [1.165, 1.54) is 6.42 Å². The summed E-state index contributed by atoms with van der Waals surface area (Å²) in [4.78, 5) is 23.8. The predicted octanol–water partition coefficient (Wildman–Crippen LogP) is 2.20. The molecule has 4 rings (SSSR count). The Bertz CT molecular complexity index is 468. The first kappa shape index (κ1) is 15.8. The minimum Gasteiger partial charge on any atom is -0.480 e. The topological polar surface area (TPSA) is 75.6 Å². The number of ether oxygens (including phenoxy) is 1. The molecule has 0 unspecified atom stereocenters. The number of rotatable bonds is 4. The van der Waals surface area contributed by atoms with Crippen molar-refractivity contribution < 1.29 is 19.4 Å². The van der Waals surface area contributed by atoms with Crippen LogP contribution in [0.2, 0.25) is 0 Å². The fourth-order valence-electron chi connectivity index (χ4n) is 5.33. The van der Waals surface area contributed by atoms with Gasteiger partial charge < -0.3 is 15.2 Å². The third kappa shape index (κ3) is 2.87. The van der Waals surface area contributed by atoms with Crippen LogP contribution in [0.3, 0.4) is 0 Å². The molecule has 3 atom stereocenters. The lowest BCUT2D eigenvalue weighted by molar-refractivity contribution is -0.179. The van der Waals surface area contributed by atoms with Gasteiger partial charge in [0.05, 0.1) is 12.5 Å². The minimum absolute atomic E-state index is 0.0779. The van der Waals surface area contributed by atoms with Crippen molar-refractivity contribution in [2.45, 2.75) is 64.0 Å². The van der Waals surface area contributed by atoms with E-state index in [2.05, 4.69) is 5.32 Å². The SMILES string of the molecule is CC(C)(C)OC(=O)[C@H]1C2C[C@@H]3C[C@@H](C2)CC1(NCC(=O)O)C3. The summed E-state index contributed by atoms with van der Waals surface area (Å²) in [5.74, 6) is 0.420. The molecule has 0 aromatic carbocycles. The highest BCUT2D eigenvalue weighted by Crippen LogP contribution is 2.58. The Morgan fingerprint density at radius 3 is 2.27 bits per heavy atom. The van der Waals surface area contributed by atoms with Crippen LogP contribution in [0.25, 0.3) is 0 Å². The van der Waals surface area contributed by atoms with E-state index in [1.54, 1.807) is 0 Å². The minimum atomic E-state index is -0.862. The fraction of sp³-hybridized carbons (Fsp3) is 0.882. The second kappa shape index (κ2) is 5.22. The highest BCUT2D eigenvalue weighted by Gasteiger charge is 2.60. The van der Waals surface area contributed by atoms with E-state index in [1.807, 2.05) is 20.8 Å². The van der Waals surface area contributed by atoms with Gasteiger partial charge in [0.25, 0.3) is 0 Å². The van der Waals surface area contributed by atoms with E-state index in [-0.39, 0.29) is 24.0 Å². The molecular weight excluding hydrogens is 282 g/mol. The van der Waals surface area contributed by atoms with E-state index in [0.717, 1.165) is 25.7 Å². The Balaban J connectivity index is 1.85. The Morgan fingerprint density at radius 1 is 1.18 bits per heavy atom. The van der Waals surface area contributed by atoms with E-state index in [9.17, 15) is 9.59 Å². The standard InChI is InChI=1S/C17H27NO4/c1-16(2,3)22-15(21)14-12-5-10-4-11(6-12)8-17(14,7-10)18-9-13(19)20/h10-12,14,18H,4-9H2,1-3H3,(H,19,20)/t10-,11-,12?,14+,17?/m0/s1. The second-order valence-electron chi connectivity index (χ2n) is 8.52. The average Bonchev–Trinajstić information content (AvgIpc) is 2.32. The van der Waals surface area contributed by atoms with Gasteiger partial charge in [0, 0.05) is 5.54 Å². The van der Waals surface area contributed by atoms with Gasteiger partial charge in [-0.2, -0.15) is 0 Å². The summed E-state index contributed by atoms with van der Waals surface area (Å²) in [7, 11) is 0. The van der Waals surface area contributed by atoms with Crippen molar-refractivity contribution in [3.05, 3.63) is 0 Å². The van der Waals surface area contributed by atoms with Crippen molar-refractivity contribution >= 4 is 11.9 Å². The molecule has 5 nitrogen and oxygen atoms in total. The van der Waals surface area contributed by atoms with E-state index in [0.29, 0.717) is 17.8 Å². The van der Waals surface area contributed by atoms with Crippen LogP contribution in [0.1, 0.15) is 52.9 Å². The Morgan fingerprint density at radius 2 is 1.77 bits per heavy atom. The predicted molar refractivity (Wildman–Crippen MR) is 81.3 cm³/mol. The zero-order valence-electron chi connectivity index (χ0n) is 13.7. The van der Waals surface area contributed by atoms with Crippen molar-refractivity contribution in [1.82, 2.24) is 5.32 Å². The van der Waals surface area contributed by atoms with Crippen molar-refractivity contribution in [2.75, 3.05) is 6.54 Å². The molecule has 0 aromatic rings. The van der Waals surface area contributed by atoms with Gasteiger partial charge in [-0.3, -0.25) is 9.59 Å². The normalized spacial score (nSPS) is 39.8. The molecule has 4 bridgehead atoms. The van der Waals surface area contributed by atoms with Gasteiger partial charge in [-0.25, -0.2) is 0 Å². The van der Waals surface area contributed by atoms with Crippen LogP contribution >= 0.6 is 0 Å². The molecule has 4 fully saturated rings. The number of carbonyl (C=O) groups is 2. The molecule has 0 saturated heterocycles. The first-order valence-corrected chi connectivity index (χ1v) is 8.38. The number of carboxylic acids is 1. The fourth-order valence-corrected chi connectivity index (χ4v) is 5.33. The van der Waals surface area contributed by atoms with E-state index in [4.69, 9.17) is 9.84 Å². The van der Waals surface area contributed by atoms with E-state index >= 15 is 0 Å². The first-order chi connectivity index (χ1) is 10.2. The third-order valence-corrected chi connectivity index (χ3v) is 5.56. The highest BCUT2D eigenvalue weighted by molar-refractivity contribution is 5.76. The molecule has 0 amide bonds. The molecule has 22 heavy (non-hydrogen) atoms. The van der Waals surface area contributed by atoms with Crippen LogP contribution in [0.4, 0.5) is 0 Å². The molecule has 4 saturated carbocycles. The molecule has 4 aliphatic carbocycles. The van der Waals surface area contributed by atoms with Gasteiger partial charge in [0.2, 0.25) is 0 Å². The smallest absolute Gasteiger partial charge is 0.317 e. The van der Waals surface area contributed by atoms with Gasteiger partial charge in [-0.15, -0.1) is 0 Å². The van der Waals surface area contributed by atoms with Crippen molar-refractivity contribution in [3.8, 4) is 0 Å². The molecule has 2 N–H and O–H groups in total. The third-order valence-electron chi connectivity index (χ3n) is 5.56. The summed E-state index contributed by atoms with van der Waals surface area (Å²) in [5.41, 5.74) is -0.866. The van der Waals surface area contributed by atoms with Crippen LogP contribution in [0.5, 0.6) is 0 Å². The van der Waals surface area contributed by atoms with Gasteiger partial charge in [-0.1, -0.05) is 0 Å². The molecule has 0 radical (unpaired) electrons. The highest BCUT2D eigenvalue weighted by atomic mass is 16.6. The Kier molecular flexibility index (Phi) is 3.75. The lowest BCUT2D eigenvalue weighted by atomic mass is 9.48. The maximum absolute atomic E-state index is 12.8. The van der Waals surface area contributed by atoms with Crippen molar-refractivity contribution in [2.24, 2.45) is 23.7 Å². The molecule has 0 heterocycles. The lowest BCUT2D eigenvalue weighted by Gasteiger charge is -2.60. The summed E-state index contributed by atoms with van der Waals surface area (Å²) < 4.78 is 5.67. The van der Waals surface area contributed by atoms with Crippen molar-refractivity contribution in [3.63, 3.8) is 0 Å². The van der Waals surface area contributed by atoms with E-state index < -0.39 is 11.6 Å². The average molecular weight is 309 g/mol. The number of esters is 1. The van der Waals surface area contributed by atoms with Crippen LogP contribution in [0, 0.1) is 23.7 Å². The zero-order valence-corrected chi connectivity index (χ0v) is 13.7. The lowest BCUT2D eigenvalue weighted by Crippen LogP contribution is -2.67. The largest absolute Gasteiger partial charge is 0.480 e. The summed E-state index contributed by atoms with van der Waals surface area (Å²) in [5, 5.41) is 12.3. The maximum Gasteiger partial charge on any atom is 0.317 e. The molecule has 0 aromatic heterocycles. The van der Waals surface area contributed by atoms with Crippen LogP contribution in [-0.4, -0.2) is 34.7 Å². The first-order valence-electron chi connectivity index (χ1n) is 8.38. The summed E-state index contributed by atoms with van der Waals surface area (Å²) >= 11 is 0. The second-order valence-corrected chi connectivity index (χ2v) is 8.52. The monoisotopic (exact) mass is 309 g/mol. The number of hydrogen-bond acceptors (Lipinski definition) is 4. The molecule has 0 spiro atoms. The molecular formula is C17H27NO4. The molecule has 5 heteroatoms. The number of carbonyl (C=O) groups excluding carboxylic acids is 1. The number of hydrogen-bond donors (Lipinski definition) is 2. The van der Waals surface area contributed by atoms with Crippen LogP contribution in [0.15, 0.2) is 0 Å². The number of carboxylic acid groups (broad SMARTS) is 1. The van der Waals surface area contributed by atoms with Crippen LogP contribution < -0.4 is 5.32 Å². The van der Waals surface area contributed by atoms with Gasteiger partial charge in [0.1, 0.15) is 5.60 Å². The Hall–Kier alpha value is -1.10. The Labute approximate surface area is 131 Å². The summed E-state index contributed by atoms with van der Waals surface area (Å²) in [6.45, 7) is 5.58. The van der Waals surface area contributed by atoms with Crippen LogP contribution in [-0.2, 0) is 14.3 Å². The number of nitrogens with one attached hydrogen (secondary N) is 1. The molecule has 4 aliphatic rings. The summed E-state index contributed by atoms with van der Waals surface area (Å²) in [6, 6.07) is 0.